The van der Waals surface area contributed by atoms with Gasteiger partial charge in [0.25, 0.3) is 0 Å². The molecule has 0 atom stereocenters. The average molecular weight is 348 g/mol. The van der Waals surface area contributed by atoms with Gasteiger partial charge in [0, 0.05) is 14.2 Å². The molecular weight excluding hydrogens is 322 g/mol. The first-order chi connectivity index (χ1) is 8.24. The van der Waals surface area contributed by atoms with Gasteiger partial charge < -0.3 is 17.5 Å². The fourth-order valence-corrected chi connectivity index (χ4v) is 12.7. The first-order valence-electron chi connectivity index (χ1n) is 5.95. The lowest BCUT2D eigenvalue weighted by atomic mass is 11.8. The molecule has 19 heavy (non-hydrogen) atoms. The summed E-state index contributed by atoms with van der Waals surface area (Å²) in [4.78, 5) is 0. The lowest BCUT2D eigenvalue weighted by Crippen LogP contribution is -2.30. The molecule has 116 valence electrons. The molecule has 0 radical (unpaired) electrons. The minimum atomic E-state index is -3.51. The first kappa shape index (κ1) is 19.7. The highest BCUT2D eigenvalue weighted by Gasteiger charge is 2.43. The van der Waals surface area contributed by atoms with Crippen molar-refractivity contribution in [2.75, 3.05) is 20.1 Å². The number of rotatable bonds is 8. The number of hydrogen-bond donors (Lipinski definition) is 0. The van der Waals surface area contributed by atoms with E-state index in [2.05, 4.69) is 0 Å². The zero-order valence-electron chi connectivity index (χ0n) is 13.1. The van der Waals surface area contributed by atoms with E-state index in [1.165, 1.54) is 14.2 Å². The molecule has 0 unspecified atom stereocenters. The average Bonchev–Trinajstić information content (AvgIpc) is 2.10. The molecule has 0 saturated heterocycles. The molecule has 0 spiro atoms. The molecule has 0 aliphatic heterocycles. The van der Waals surface area contributed by atoms with E-state index in [4.69, 9.17) is 17.5 Å². The third-order valence-electron chi connectivity index (χ3n) is 1.73. The smallest absolute Gasteiger partial charge is 0.342 e. The molecule has 0 bridgehead atoms. The minimum Gasteiger partial charge on any atom is -0.351 e. The first-order valence-corrected chi connectivity index (χ1v) is 16.2. The Morgan fingerprint density at radius 2 is 1.05 bits per heavy atom. The summed E-state index contributed by atoms with van der Waals surface area (Å²) in [5.41, 5.74) is 0. The van der Waals surface area contributed by atoms with Gasteiger partial charge in [-0.2, -0.15) is 0 Å². The van der Waals surface area contributed by atoms with Crippen molar-refractivity contribution in [1.29, 1.82) is 0 Å². The van der Waals surface area contributed by atoms with E-state index in [1.54, 1.807) is 0 Å². The van der Waals surface area contributed by atoms with Gasteiger partial charge in [-0.25, -0.2) is 0 Å². The van der Waals surface area contributed by atoms with Crippen LogP contribution in [0.3, 0.4) is 0 Å². The lowest BCUT2D eigenvalue weighted by molar-refractivity contribution is 0.277. The topological polar surface area (TPSA) is 71.1 Å². The quantitative estimate of drug-likeness (QED) is 0.480. The predicted molar refractivity (Wildman–Crippen MR) is 83.0 cm³/mol. The zero-order valence-corrected chi connectivity index (χ0v) is 16.8. The molecule has 0 amide bonds. The van der Waals surface area contributed by atoms with Crippen LogP contribution in [0.5, 0.6) is 0 Å². The van der Waals surface area contributed by atoms with Crippen LogP contribution in [0.15, 0.2) is 0 Å². The highest BCUT2D eigenvalue weighted by Crippen LogP contribution is 2.65. The van der Waals surface area contributed by atoms with Crippen LogP contribution < -0.4 is 0 Å². The fraction of sp³-hybridized carbons (Fsp3) is 1.00. The summed E-state index contributed by atoms with van der Waals surface area (Å²) >= 11 is 0. The molecule has 0 N–H and O–H groups in total. The monoisotopic (exact) mass is 348 g/mol. The summed E-state index contributed by atoms with van der Waals surface area (Å²) in [5, 5.41) is 0. The summed E-state index contributed by atoms with van der Waals surface area (Å²) in [6.07, 6.45) is 0. The van der Waals surface area contributed by atoms with Gasteiger partial charge >= 0.3 is 15.2 Å². The van der Waals surface area contributed by atoms with Crippen molar-refractivity contribution in [1.82, 2.24) is 0 Å². The van der Waals surface area contributed by atoms with Crippen molar-refractivity contribution >= 4 is 31.8 Å². The van der Waals surface area contributed by atoms with E-state index in [0.717, 1.165) is 0 Å². The van der Waals surface area contributed by atoms with Crippen LogP contribution in [0.4, 0.5) is 0 Å². The Hall–Kier alpha value is 0.734. The van der Waals surface area contributed by atoms with E-state index in [9.17, 15) is 9.13 Å². The molecular formula is C9H26O6P2Si2. The molecule has 0 aliphatic rings. The summed E-state index contributed by atoms with van der Waals surface area (Å²) in [6, 6.07) is 0. The van der Waals surface area contributed by atoms with E-state index < -0.39 is 31.8 Å². The lowest BCUT2D eigenvalue weighted by Gasteiger charge is -2.32. The maximum atomic E-state index is 12.9. The molecule has 0 aliphatic carbocycles. The fourth-order valence-electron chi connectivity index (χ4n) is 1.31. The van der Waals surface area contributed by atoms with Gasteiger partial charge in [0.1, 0.15) is 0 Å². The zero-order chi connectivity index (χ0) is 15.5. The second-order valence-corrected chi connectivity index (χ2v) is 20.4. The summed E-state index contributed by atoms with van der Waals surface area (Å²) < 4.78 is 46.1. The Labute approximate surface area is 118 Å². The summed E-state index contributed by atoms with van der Waals surface area (Å²) in [6.45, 7) is 11.4. The van der Waals surface area contributed by atoms with Crippen molar-refractivity contribution in [3.63, 3.8) is 0 Å². The Morgan fingerprint density at radius 3 is 1.26 bits per heavy atom. The second kappa shape index (κ2) is 6.66. The standard InChI is InChI=1S/C9H26O6P2Si2/c1-12-16(10,13-2)9-17(11,14-18(3,4)5)15-19(6,7)8/h9H2,1-8H3. The Kier molecular flexibility index (Phi) is 6.92. The third-order valence-corrected chi connectivity index (χ3v) is 12.2. The highest BCUT2D eigenvalue weighted by atomic mass is 31.2. The maximum absolute atomic E-state index is 12.9. The molecule has 0 rings (SSSR count). The van der Waals surface area contributed by atoms with E-state index in [-0.39, 0.29) is 5.90 Å². The Balaban J connectivity index is 5.30. The largest absolute Gasteiger partial charge is 0.351 e. The molecule has 0 heterocycles. The van der Waals surface area contributed by atoms with E-state index >= 15 is 0 Å². The van der Waals surface area contributed by atoms with Crippen molar-refractivity contribution in [2.24, 2.45) is 0 Å². The number of hydrogen-bond acceptors (Lipinski definition) is 6. The van der Waals surface area contributed by atoms with Crippen LogP contribution in [-0.2, 0) is 26.6 Å². The van der Waals surface area contributed by atoms with E-state index in [1.807, 2.05) is 39.3 Å². The molecule has 10 heteroatoms. The second-order valence-electron chi connectivity index (χ2n) is 6.14. The molecule has 0 aromatic carbocycles. The SMILES string of the molecule is COP(=O)(CP(=O)(O[Si](C)(C)C)O[Si](C)(C)C)OC. The van der Waals surface area contributed by atoms with Gasteiger partial charge in [-0.15, -0.1) is 0 Å². The van der Waals surface area contributed by atoms with Crippen LogP contribution in [0.1, 0.15) is 0 Å². The normalized spacial score (nSPS) is 14.7. The molecule has 0 fully saturated rings. The van der Waals surface area contributed by atoms with Crippen LogP contribution in [0.25, 0.3) is 0 Å². The van der Waals surface area contributed by atoms with Gasteiger partial charge in [0.2, 0.25) is 0 Å². The Bertz CT molecular complexity index is 359. The minimum absolute atomic E-state index is 0.346. The van der Waals surface area contributed by atoms with Crippen LogP contribution in [-0.4, -0.2) is 36.8 Å². The van der Waals surface area contributed by atoms with Gasteiger partial charge in [0.05, 0.1) is 0 Å². The predicted octanol–water partition coefficient (Wildman–Crippen LogP) is 4.33. The van der Waals surface area contributed by atoms with Crippen molar-refractivity contribution in [3.05, 3.63) is 0 Å². The van der Waals surface area contributed by atoms with Gasteiger partial charge in [-0.1, -0.05) is 0 Å². The van der Waals surface area contributed by atoms with Crippen LogP contribution in [0.2, 0.25) is 39.3 Å². The van der Waals surface area contributed by atoms with Crippen molar-refractivity contribution in [2.45, 2.75) is 39.3 Å². The maximum Gasteiger partial charge on any atom is 0.342 e. The van der Waals surface area contributed by atoms with Gasteiger partial charge in [-0.3, -0.25) is 9.13 Å². The molecule has 0 aromatic rings. The molecule has 0 aromatic heterocycles. The van der Waals surface area contributed by atoms with Crippen LogP contribution >= 0.6 is 15.2 Å². The molecule has 6 nitrogen and oxygen atoms in total. The highest BCUT2D eigenvalue weighted by molar-refractivity contribution is 7.72. The van der Waals surface area contributed by atoms with Gasteiger partial charge in [0.15, 0.2) is 22.5 Å². The molecule has 0 saturated carbocycles. The van der Waals surface area contributed by atoms with Crippen molar-refractivity contribution < 1.29 is 26.6 Å². The van der Waals surface area contributed by atoms with E-state index in [0.29, 0.717) is 0 Å². The summed E-state index contributed by atoms with van der Waals surface area (Å²) in [7, 11) is -8.66. The van der Waals surface area contributed by atoms with Crippen molar-refractivity contribution in [3.8, 4) is 0 Å². The Morgan fingerprint density at radius 1 is 0.737 bits per heavy atom. The third kappa shape index (κ3) is 8.57. The summed E-state index contributed by atoms with van der Waals surface area (Å²) in [5.74, 6) is -0.346. The van der Waals surface area contributed by atoms with Crippen LogP contribution in [0, 0.1) is 0 Å². The van der Waals surface area contributed by atoms with Gasteiger partial charge in [-0.05, 0) is 39.3 Å².